The van der Waals surface area contributed by atoms with Crippen LogP contribution in [-0.4, -0.2) is 11.7 Å². The standard InChI is InChI=1S/C20H18N2O2/c1-14(2)19(23)18(12-15-8-10-16(13-21)11-9-15)20(24)22-17-6-4-3-5-7-17/h3-12,14H,1-2H3,(H,22,24). The molecule has 2 aromatic rings. The number of ketones is 1. The Kier molecular flexibility index (Phi) is 5.64. The molecule has 0 spiro atoms. The van der Waals surface area contributed by atoms with E-state index in [0.717, 1.165) is 0 Å². The zero-order valence-corrected chi connectivity index (χ0v) is 13.6. The molecular formula is C20H18N2O2. The van der Waals surface area contributed by atoms with E-state index in [2.05, 4.69) is 5.32 Å². The summed E-state index contributed by atoms with van der Waals surface area (Å²) in [5, 5.41) is 11.6. The molecule has 0 heterocycles. The van der Waals surface area contributed by atoms with Gasteiger partial charge in [-0.3, -0.25) is 9.59 Å². The number of anilines is 1. The van der Waals surface area contributed by atoms with Gasteiger partial charge in [0.2, 0.25) is 0 Å². The molecule has 0 saturated carbocycles. The van der Waals surface area contributed by atoms with Gasteiger partial charge in [0, 0.05) is 11.6 Å². The third-order valence-corrected chi connectivity index (χ3v) is 3.42. The van der Waals surface area contributed by atoms with Crippen molar-refractivity contribution < 1.29 is 9.59 Å². The summed E-state index contributed by atoms with van der Waals surface area (Å²) in [6, 6.07) is 17.8. The van der Waals surface area contributed by atoms with Crippen molar-refractivity contribution in [3.63, 3.8) is 0 Å². The van der Waals surface area contributed by atoms with E-state index in [1.165, 1.54) is 0 Å². The summed E-state index contributed by atoms with van der Waals surface area (Å²) in [5.41, 5.74) is 1.95. The van der Waals surface area contributed by atoms with Crippen LogP contribution in [0.3, 0.4) is 0 Å². The Balaban J connectivity index is 2.33. The first-order valence-electron chi connectivity index (χ1n) is 7.63. The molecule has 0 fully saturated rings. The number of nitriles is 1. The van der Waals surface area contributed by atoms with Gasteiger partial charge >= 0.3 is 0 Å². The van der Waals surface area contributed by atoms with Crippen molar-refractivity contribution in [3.05, 3.63) is 71.3 Å². The van der Waals surface area contributed by atoms with Crippen LogP contribution in [0.1, 0.15) is 25.0 Å². The number of Topliss-reactive ketones (excluding diaryl/α,β-unsaturated/α-hetero) is 1. The maximum absolute atomic E-state index is 12.5. The van der Waals surface area contributed by atoms with Crippen LogP contribution in [0.4, 0.5) is 5.69 Å². The molecule has 0 radical (unpaired) electrons. The summed E-state index contributed by atoms with van der Waals surface area (Å²) in [6.45, 7) is 3.51. The normalized spacial score (nSPS) is 11.0. The Morgan fingerprint density at radius 2 is 1.67 bits per heavy atom. The summed E-state index contributed by atoms with van der Waals surface area (Å²) < 4.78 is 0. The molecule has 0 aliphatic carbocycles. The highest BCUT2D eigenvalue weighted by atomic mass is 16.2. The SMILES string of the molecule is CC(C)C(=O)C(=Cc1ccc(C#N)cc1)C(=O)Nc1ccccc1. The lowest BCUT2D eigenvalue weighted by Gasteiger charge is -2.10. The number of carbonyl (C=O) groups excluding carboxylic acids is 2. The van der Waals surface area contributed by atoms with Gasteiger partial charge < -0.3 is 5.32 Å². The largest absolute Gasteiger partial charge is 0.322 e. The number of carbonyl (C=O) groups is 2. The second kappa shape index (κ2) is 7.89. The predicted molar refractivity (Wildman–Crippen MR) is 94.1 cm³/mol. The van der Waals surface area contributed by atoms with E-state index < -0.39 is 5.91 Å². The fraction of sp³-hybridized carbons (Fsp3) is 0.150. The molecule has 2 aromatic carbocycles. The van der Waals surface area contributed by atoms with Crippen LogP contribution in [0, 0.1) is 17.2 Å². The lowest BCUT2D eigenvalue weighted by Crippen LogP contribution is -2.23. The second-order valence-corrected chi connectivity index (χ2v) is 5.63. The first kappa shape index (κ1) is 17.2. The van der Waals surface area contributed by atoms with E-state index in [0.29, 0.717) is 16.8 Å². The molecule has 24 heavy (non-hydrogen) atoms. The van der Waals surface area contributed by atoms with Gasteiger partial charge in [-0.05, 0) is 35.9 Å². The number of amides is 1. The Bertz CT molecular complexity index is 798. The zero-order valence-electron chi connectivity index (χ0n) is 13.6. The van der Waals surface area contributed by atoms with Gasteiger partial charge in [0.1, 0.15) is 0 Å². The molecule has 0 aromatic heterocycles. The molecule has 1 N–H and O–H groups in total. The maximum Gasteiger partial charge on any atom is 0.259 e. The molecular weight excluding hydrogens is 300 g/mol. The van der Waals surface area contributed by atoms with Gasteiger partial charge in [-0.15, -0.1) is 0 Å². The summed E-state index contributed by atoms with van der Waals surface area (Å²) >= 11 is 0. The smallest absolute Gasteiger partial charge is 0.259 e. The molecule has 4 nitrogen and oxygen atoms in total. The fourth-order valence-corrected chi connectivity index (χ4v) is 2.10. The highest BCUT2D eigenvalue weighted by Crippen LogP contribution is 2.16. The monoisotopic (exact) mass is 318 g/mol. The van der Waals surface area contributed by atoms with Crippen LogP contribution >= 0.6 is 0 Å². The average Bonchev–Trinajstić information content (AvgIpc) is 2.60. The van der Waals surface area contributed by atoms with E-state index in [-0.39, 0.29) is 17.3 Å². The van der Waals surface area contributed by atoms with Crippen molar-refractivity contribution in [2.45, 2.75) is 13.8 Å². The highest BCUT2D eigenvalue weighted by molar-refractivity contribution is 6.26. The minimum atomic E-state index is -0.441. The lowest BCUT2D eigenvalue weighted by molar-refractivity contribution is -0.121. The molecule has 4 heteroatoms. The van der Waals surface area contributed by atoms with Crippen LogP contribution in [0.15, 0.2) is 60.2 Å². The fourth-order valence-electron chi connectivity index (χ4n) is 2.10. The van der Waals surface area contributed by atoms with Crippen molar-refractivity contribution in [1.82, 2.24) is 0 Å². The molecule has 1 amide bonds. The predicted octanol–water partition coefficient (Wildman–Crippen LogP) is 3.81. The summed E-state index contributed by atoms with van der Waals surface area (Å²) in [5.74, 6) is -0.965. The molecule has 0 saturated heterocycles. The van der Waals surface area contributed by atoms with Gasteiger partial charge in [-0.2, -0.15) is 5.26 Å². The first-order valence-corrected chi connectivity index (χ1v) is 7.63. The quantitative estimate of drug-likeness (QED) is 0.518. The Morgan fingerprint density at radius 1 is 1.04 bits per heavy atom. The number of nitrogens with one attached hydrogen (secondary N) is 1. The molecule has 0 unspecified atom stereocenters. The van der Waals surface area contributed by atoms with E-state index in [1.54, 1.807) is 56.3 Å². The summed E-state index contributed by atoms with van der Waals surface area (Å²) in [6.07, 6.45) is 1.56. The van der Waals surface area contributed by atoms with Crippen LogP contribution in [-0.2, 0) is 9.59 Å². The zero-order chi connectivity index (χ0) is 17.5. The lowest BCUT2D eigenvalue weighted by atomic mass is 9.97. The number of benzene rings is 2. The van der Waals surface area contributed by atoms with E-state index in [1.807, 2.05) is 24.3 Å². The molecule has 0 atom stereocenters. The Morgan fingerprint density at radius 3 is 2.21 bits per heavy atom. The maximum atomic E-state index is 12.5. The Hall–Kier alpha value is -3.19. The van der Waals surface area contributed by atoms with Crippen LogP contribution in [0.2, 0.25) is 0 Å². The highest BCUT2D eigenvalue weighted by Gasteiger charge is 2.21. The summed E-state index contributed by atoms with van der Waals surface area (Å²) in [4.78, 5) is 25.0. The van der Waals surface area contributed by atoms with E-state index >= 15 is 0 Å². The average molecular weight is 318 g/mol. The van der Waals surface area contributed by atoms with Gasteiger partial charge in [0.05, 0.1) is 17.2 Å². The minimum Gasteiger partial charge on any atom is -0.322 e. The van der Waals surface area contributed by atoms with Crippen LogP contribution in [0.25, 0.3) is 6.08 Å². The number of hydrogen-bond acceptors (Lipinski definition) is 3. The number of para-hydroxylation sites is 1. The van der Waals surface area contributed by atoms with Crippen LogP contribution in [0.5, 0.6) is 0 Å². The minimum absolute atomic E-state index is 0.0959. The topological polar surface area (TPSA) is 70.0 Å². The molecule has 2 rings (SSSR count). The molecule has 0 aliphatic rings. The third kappa shape index (κ3) is 4.40. The van der Waals surface area contributed by atoms with Gasteiger partial charge in [-0.25, -0.2) is 0 Å². The van der Waals surface area contributed by atoms with E-state index in [4.69, 9.17) is 5.26 Å². The Labute approximate surface area is 141 Å². The first-order chi connectivity index (χ1) is 11.5. The van der Waals surface area contributed by atoms with Crippen molar-refractivity contribution in [1.29, 1.82) is 5.26 Å². The third-order valence-electron chi connectivity index (χ3n) is 3.42. The van der Waals surface area contributed by atoms with Crippen molar-refractivity contribution in [3.8, 4) is 6.07 Å². The number of nitrogens with zero attached hydrogens (tertiary/aromatic N) is 1. The van der Waals surface area contributed by atoms with Crippen molar-refractivity contribution in [2.75, 3.05) is 5.32 Å². The van der Waals surface area contributed by atoms with Crippen molar-refractivity contribution >= 4 is 23.5 Å². The molecule has 120 valence electrons. The number of rotatable bonds is 5. The van der Waals surface area contributed by atoms with Crippen molar-refractivity contribution in [2.24, 2.45) is 5.92 Å². The number of hydrogen-bond donors (Lipinski definition) is 1. The molecule has 0 bridgehead atoms. The summed E-state index contributed by atoms with van der Waals surface area (Å²) in [7, 11) is 0. The van der Waals surface area contributed by atoms with Gasteiger partial charge in [0.25, 0.3) is 5.91 Å². The van der Waals surface area contributed by atoms with Gasteiger partial charge in [0.15, 0.2) is 5.78 Å². The second-order valence-electron chi connectivity index (χ2n) is 5.63. The van der Waals surface area contributed by atoms with Crippen LogP contribution < -0.4 is 5.32 Å². The van der Waals surface area contributed by atoms with E-state index in [9.17, 15) is 9.59 Å². The molecule has 0 aliphatic heterocycles. The van der Waals surface area contributed by atoms with Gasteiger partial charge in [-0.1, -0.05) is 44.2 Å².